The van der Waals surface area contributed by atoms with Gasteiger partial charge in [-0.2, -0.15) is 0 Å². The van der Waals surface area contributed by atoms with Gasteiger partial charge in [-0.25, -0.2) is 0 Å². The lowest BCUT2D eigenvalue weighted by molar-refractivity contribution is -0.138. The minimum Gasteiger partial charge on any atom is -0.481 e. The standard InChI is InChI=1S/C10H20O4.C10H20O2/c11-8-9(12)6-4-2-1-3-5-7-10(13)14;1-2-3-4-5-6-7-8-9-10(11)12/h9,11-12H,1-8H2,(H,13,14);2-9H2,1H3,(H,11,12). The molecule has 26 heavy (non-hydrogen) atoms. The summed E-state index contributed by atoms with van der Waals surface area (Å²) >= 11 is 0. The maximum absolute atomic E-state index is 10.2. The SMILES string of the molecule is CCCCCCCCCC(=O)O.O=C(O)CCCCCCCC(O)CO. The molecule has 0 aromatic carbocycles. The molecule has 0 aliphatic rings. The molecule has 0 bridgehead atoms. The minimum atomic E-state index is -0.735. The van der Waals surface area contributed by atoms with Crippen molar-refractivity contribution in [2.45, 2.75) is 109 Å². The summed E-state index contributed by atoms with van der Waals surface area (Å²) in [6.45, 7) is 2.03. The first kappa shape index (κ1) is 27.1. The average Bonchev–Trinajstić information content (AvgIpc) is 2.60. The van der Waals surface area contributed by atoms with Crippen molar-refractivity contribution >= 4 is 11.9 Å². The van der Waals surface area contributed by atoms with Crippen molar-refractivity contribution in [1.29, 1.82) is 0 Å². The van der Waals surface area contributed by atoms with E-state index in [-0.39, 0.29) is 13.0 Å². The Morgan fingerprint density at radius 2 is 1.08 bits per heavy atom. The van der Waals surface area contributed by atoms with E-state index in [0.29, 0.717) is 12.8 Å². The Morgan fingerprint density at radius 3 is 1.46 bits per heavy atom. The van der Waals surface area contributed by atoms with Gasteiger partial charge in [0.05, 0.1) is 12.7 Å². The van der Waals surface area contributed by atoms with Crippen molar-refractivity contribution in [3.8, 4) is 0 Å². The molecule has 0 aliphatic carbocycles. The van der Waals surface area contributed by atoms with Gasteiger partial charge < -0.3 is 20.4 Å². The Labute approximate surface area is 158 Å². The quantitative estimate of drug-likeness (QED) is 0.280. The number of carboxylic acids is 2. The van der Waals surface area contributed by atoms with Gasteiger partial charge in [0, 0.05) is 12.8 Å². The predicted octanol–water partition coefficient (Wildman–Crippen LogP) is 4.37. The summed E-state index contributed by atoms with van der Waals surface area (Å²) in [5, 5.41) is 34.2. The second-order valence-electron chi connectivity index (χ2n) is 6.80. The number of unbranched alkanes of at least 4 members (excludes halogenated alkanes) is 10. The molecule has 0 saturated heterocycles. The molecular formula is C20H40O6. The van der Waals surface area contributed by atoms with Gasteiger partial charge in [-0.15, -0.1) is 0 Å². The van der Waals surface area contributed by atoms with Crippen LogP contribution in [0.3, 0.4) is 0 Å². The van der Waals surface area contributed by atoms with E-state index in [0.717, 1.165) is 44.9 Å². The van der Waals surface area contributed by atoms with Crippen LogP contribution in [0.4, 0.5) is 0 Å². The highest BCUT2D eigenvalue weighted by Crippen LogP contribution is 2.09. The third-order valence-corrected chi connectivity index (χ3v) is 4.13. The molecule has 0 aromatic heterocycles. The normalized spacial score (nSPS) is 11.5. The van der Waals surface area contributed by atoms with Gasteiger partial charge in [-0.05, 0) is 19.3 Å². The van der Waals surface area contributed by atoms with Gasteiger partial charge in [0.2, 0.25) is 0 Å². The summed E-state index contributed by atoms with van der Waals surface area (Å²) in [7, 11) is 0. The second kappa shape index (κ2) is 21.9. The molecule has 6 heteroatoms. The molecule has 0 saturated carbocycles. The van der Waals surface area contributed by atoms with Crippen molar-refractivity contribution < 1.29 is 30.0 Å². The first-order chi connectivity index (χ1) is 12.4. The highest BCUT2D eigenvalue weighted by atomic mass is 16.4. The lowest BCUT2D eigenvalue weighted by atomic mass is 10.1. The molecule has 156 valence electrons. The van der Waals surface area contributed by atoms with Crippen LogP contribution in [0, 0.1) is 0 Å². The highest BCUT2D eigenvalue weighted by molar-refractivity contribution is 5.66. The molecule has 0 rings (SSSR count). The van der Waals surface area contributed by atoms with Crippen LogP contribution in [-0.4, -0.2) is 45.1 Å². The zero-order valence-corrected chi connectivity index (χ0v) is 16.5. The van der Waals surface area contributed by atoms with Gasteiger partial charge in [0.1, 0.15) is 0 Å². The fourth-order valence-electron chi connectivity index (χ4n) is 2.51. The number of rotatable bonds is 17. The fourth-order valence-corrected chi connectivity index (χ4v) is 2.51. The molecule has 1 unspecified atom stereocenters. The number of carbonyl (C=O) groups is 2. The molecular weight excluding hydrogens is 336 g/mol. The third-order valence-electron chi connectivity index (χ3n) is 4.13. The summed E-state index contributed by atoms with van der Waals surface area (Å²) in [5.41, 5.74) is 0. The third kappa shape index (κ3) is 27.7. The summed E-state index contributed by atoms with van der Waals surface area (Å²) < 4.78 is 0. The molecule has 4 N–H and O–H groups in total. The lowest BCUT2D eigenvalue weighted by Gasteiger charge is -2.05. The van der Waals surface area contributed by atoms with Crippen molar-refractivity contribution in [1.82, 2.24) is 0 Å². The van der Waals surface area contributed by atoms with Crippen LogP contribution in [0.1, 0.15) is 103 Å². The van der Waals surface area contributed by atoms with Gasteiger partial charge in [-0.3, -0.25) is 9.59 Å². The van der Waals surface area contributed by atoms with E-state index < -0.39 is 18.0 Å². The van der Waals surface area contributed by atoms with Crippen molar-refractivity contribution in [2.75, 3.05) is 6.61 Å². The molecule has 0 amide bonds. The molecule has 0 aromatic rings. The maximum atomic E-state index is 10.2. The topological polar surface area (TPSA) is 115 Å². The zero-order valence-electron chi connectivity index (χ0n) is 16.5. The van der Waals surface area contributed by atoms with E-state index in [9.17, 15) is 9.59 Å². The number of hydrogen-bond donors (Lipinski definition) is 4. The number of hydrogen-bond acceptors (Lipinski definition) is 4. The predicted molar refractivity (Wildman–Crippen MR) is 103 cm³/mol. The van der Waals surface area contributed by atoms with Crippen LogP contribution in [0.5, 0.6) is 0 Å². The Balaban J connectivity index is 0. The van der Waals surface area contributed by atoms with Crippen LogP contribution in [0.2, 0.25) is 0 Å². The van der Waals surface area contributed by atoms with Crippen molar-refractivity contribution in [3.63, 3.8) is 0 Å². The van der Waals surface area contributed by atoms with Crippen LogP contribution < -0.4 is 0 Å². The zero-order chi connectivity index (χ0) is 20.0. The van der Waals surface area contributed by atoms with Gasteiger partial charge in [0.25, 0.3) is 0 Å². The van der Waals surface area contributed by atoms with Gasteiger partial charge in [0.15, 0.2) is 0 Å². The van der Waals surface area contributed by atoms with Crippen molar-refractivity contribution in [3.05, 3.63) is 0 Å². The first-order valence-electron chi connectivity index (χ1n) is 10.2. The number of aliphatic carboxylic acids is 2. The fraction of sp³-hybridized carbons (Fsp3) is 0.900. The van der Waals surface area contributed by atoms with E-state index in [4.69, 9.17) is 20.4 Å². The van der Waals surface area contributed by atoms with Crippen LogP contribution in [-0.2, 0) is 9.59 Å². The Kier molecular flexibility index (Phi) is 22.8. The summed E-state index contributed by atoms with van der Waals surface area (Å²) in [5.74, 6) is -1.40. The molecule has 1 atom stereocenters. The van der Waals surface area contributed by atoms with E-state index in [2.05, 4.69) is 6.92 Å². The Morgan fingerprint density at radius 1 is 0.692 bits per heavy atom. The summed E-state index contributed by atoms with van der Waals surface area (Å²) in [6.07, 6.45) is 13.5. The number of aliphatic hydroxyl groups is 2. The minimum absolute atomic E-state index is 0.168. The average molecular weight is 377 g/mol. The van der Waals surface area contributed by atoms with E-state index >= 15 is 0 Å². The molecule has 0 radical (unpaired) electrons. The molecule has 6 nitrogen and oxygen atoms in total. The molecule has 0 aliphatic heterocycles. The summed E-state index contributed by atoms with van der Waals surface area (Å²) in [4.78, 5) is 20.3. The van der Waals surface area contributed by atoms with E-state index in [1.54, 1.807) is 0 Å². The maximum Gasteiger partial charge on any atom is 0.303 e. The summed E-state index contributed by atoms with van der Waals surface area (Å²) in [6, 6.07) is 0. The van der Waals surface area contributed by atoms with E-state index in [1.807, 2.05) is 0 Å². The largest absolute Gasteiger partial charge is 0.481 e. The van der Waals surface area contributed by atoms with Crippen molar-refractivity contribution in [2.24, 2.45) is 0 Å². The Hall–Kier alpha value is -1.14. The molecule has 0 fully saturated rings. The lowest BCUT2D eigenvalue weighted by Crippen LogP contribution is -2.10. The second-order valence-corrected chi connectivity index (χ2v) is 6.80. The van der Waals surface area contributed by atoms with Gasteiger partial charge >= 0.3 is 11.9 Å². The number of aliphatic hydroxyl groups excluding tert-OH is 2. The van der Waals surface area contributed by atoms with Crippen LogP contribution in [0.15, 0.2) is 0 Å². The van der Waals surface area contributed by atoms with Gasteiger partial charge in [-0.1, -0.05) is 71.1 Å². The van der Waals surface area contributed by atoms with Crippen LogP contribution in [0.25, 0.3) is 0 Å². The smallest absolute Gasteiger partial charge is 0.303 e. The molecule has 0 heterocycles. The highest BCUT2D eigenvalue weighted by Gasteiger charge is 2.01. The first-order valence-corrected chi connectivity index (χ1v) is 10.2. The molecule has 0 spiro atoms. The Bertz CT molecular complexity index is 319. The van der Waals surface area contributed by atoms with E-state index in [1.165, 1.54) is 32.1 Å². The number of carboxylic acid groups (broad SMARTS) is 2. The monoisotopic (exact) mass is 376 g/mol. The van der Waals surface area contributed by atoms with Crippen LogP contribution >= 0.6 is 0 Å².